The van der Waals surface area contributed by atoms with Crippen LogP contribution in [0, 0.1) is 5.92 Å². The average Bonchev–Trinajstić information content (AvgIpc) is 2.47. The van der Waals surface area contributed by atoms with Gasteiger partial charge in [-0.25, -0.2) is 4.79 Å². The Morgan fingerprint density at radius 2 is 1.59 bits per heavy atom. The molecule has 0 fully saturated rings. The van der Waals surface area contributed by atoms with Crippen LogP contribution in [-0.4, -0.2) is 24.0 Å². The van der Waals surface area contributed by atoms with Crippen LogP contribution in [0.4, 0.5) is 10.5 Å². The molecule has 0 saturated carbocycles. The molecule has 0 spiro atoms. The zero-order valence-corrected chi connectivity index (χ0v) is 14.1. The maximum Gasteiger partial charge on any atom is 0.319 e. The van der Waals surface area contributed by atoms with E-state index in [2.05, 4.69) is 29.8 Å². The molecule has 0 radical (unpaired) electrons. The summed E-state index contributed by atoms with van der Waals surface area (Å²) in [5.74, 6) is 0.274. The molecule has 0 aromatic heterocycles. The molecule has 1 aromatic carbocycles. The molecule has 1 aromatic rings. The fourth-order valence-electron chi connectivity index (χ4n) is 1.65. The second kappa shape index (κ2) is 8.41. The number of rotatable bonds is 6. The number of hydrogen-bond donors (Lipinski definition) is 3. The van der Waals surface area contributed by atoms with Crippen LogP contribution in [-0.2, 0) is 0 Å². The van der Waals surface area contributed by atoms with Gasteiger partial charge >= 0.3 is 6.03 Å². The first-order chi connectivity index (χ1) is 10.3. The van der Waals surface area contributed by atoms with E-state index in [0.29, 0.717) is 17.2 Å². The smallest absolute Gasteiger partial charge is 0.319 e. The molecule has 5 nitrogen and oxygen atoms in total. The lowest BCUT2D eigenvalue weighted by Crippen LogP contribution is -2.39. The molecule has 0 saturated heterocycles. The molecule has 2 atom stereocenters. The number of carbonyl (C=O) groups is 2. The first-order valence-corrected chi connectivity index (χ1v) is 7.82. The molecule has 0 aliphatic heterocycles. The van der Waals surface area contributed by atoms with E-state index in [1.807, 2.05) is 20.8 Å². The Morgan fingerprint density at radius 1 is 1.00 bits per heavy atom. The summed E-state index contributed by atoms with van der Waals surface area (Å²) in [6.45, 7) is 10.1. The molecule has 0 heterocycles. The van der Waals surface area contributed by atoms with Crippen molar-refractivity contribution in [1.29, 1.82) is 0 Å². The first-order valence-electron chi connectivity index (χ1n) is 7.82. The highest BCUT2D eigenvalue weighted by Gasteiger charge is 2.11. The van der Waals surface area contributed by atoms with Crippen molar-refractivity contribution in [2.45, 2.75) is 53.1 Å². The summed E-state index contributed by atoms with van der Waals surface area (Å²) in [5, 5.41) is 8.54. The Morgan fingerprint density at radius 3 is 2.09 bits per heavy atom. The van der Waals surface area contributed by atoms with Crippen molar-refractivity contribution in [2.75, 3.05) is 5.32 Å². The van der Waals surface area contributed by atoms with Gasteiger partial charge in [0.15, 0.2) is 0 Å². The standard InChI is InChI=1S/C17H27N3O2/c1-6-12(4)18-16(21)14-7-9-15(10-8-14)20-17(22)19-13(5)11(2)3/h7-13H,6H2,1-5H3,(H,18,21)(H2,19,20,22). The third kappa shape index (κ3) is 5.76. The molecule has 0 bridgehead atoms. The number of urea groups is 1. The summed E-state index contributed by atoms with van der Waals surface area (Å²) >= 11 is 0. The molecule has 3 N–H and O–H groups in total. The van der Waals surface area contributed by atoms with Crippen LogP contribution in [0.2, 0.25) is 0 Å². The molecule has 122 valence electrons. The Kier molecular flexibility index (Phi) is 6.89. The second-order valence-electron chi connectivity index (χ2n) is 5.99. The third-order valence-corrected chi connectivity index (χ3v) is 3.75. The van der Waals surface area contributed by atoms with E-state index in [4.69, 9.17) is 0 Å². The zero-order valence-electron chi connectivity index (χ0n) is 14.1. The highest BCUT2D eigenvalue weighted by molar-refractivity contribution is 5.95. The van der Waals surface area contributed by atoms with E-state index in [9.17, 15) is 9.59 Å². The molecule has 2 unspecified atom stereocenters. The van der Waals surface area contributed by atoms with Gasteiger partial charge in [0.05, 0.1) is 0 Å². The lowest BCUT2D eigenvalue weighted by Gasteiger charge is -2.18. The maximum absolute atomic E-state index is 12.0. The van der Waals surface area contributed by atoms with E-state index in [1.54, 1.807) is 24.3 Å². The molecular weight excluding hydrogens is 278 g/mol. The Labute approximate surface area is 132 Å². The molecule has 0 aliphatic carbocycles. The highest BCUT2D eigenvalue weighted by atomic mass is 16.2. The zero-order chi connectivity index (χ0) is 16.7. The number of anilines is 1. The van der Waals surface area contributed by atoms with Crippen molar-refractivity contribution >= 4 is 17.6 Å². The van der Waals surface area contributed by atoms with Crippen molar-refractivity contribution in [3.8, 4) is 0 Å². The normalized spacial score (nSPS) is 13.4. The quantitative estimate of drug-likeness (QED) is 0.754. The molecule has 0 aliphatic rings. The van der Waals surface area contributed by atoms with Crippen LogP contribution in [0.5, 0.6) is 0 Å². The van der Waals surface area contributed by atoms with Gasteiger partial charge in [-0.1, -0.05) is 20.8 Å². The largest absolute Gasteiger partial charge is 0.350 e. The summed E-state index contributed by atoms with van der Waals surface area (Å²) in [7, 11) is 0. The fraction of sp³-hybridized carbons (Fsp3) is 0.529. The van der Waals surface area contributed by atoms with E-state index in [0.717, 1.165) is 6.42 Å². The summed E-state index contributed by atoms with van der Waals surface area (Å²) in [6, 6.07) is 6.88. The van der Waals surface area contributed by atoms with E-state index < -0.39 is 0 Å². The fourth-order valence-corrected chi connectivity index (χ4v) is 1.65. The van der Waals surface area contributed by atoms with Crippen LogP contribution in [0.15, 0.2) is 24.3 Å². The Hall–Kier alpha value is -2.04. The predicted molar refractivity (Wildman–Crippen MR) is 90.1 cm³/mol. The van der Waals surface area contributed by atoms with E-state index in [1.165, 1.54) is 0 Å². The summed E-state index contributed by atoms with van der Waals surface area (Å²) < 4.78 is 0. The van der Waals surface area contributed by atoms with Gasteiger partial charge in [0, 0.05) is 23.3 Å². The maximum atomic E-state index is 12.0. The van der Waals surface area contributed by atoms with Crippen molar-refractivity contribution in [3.05, 3.63) is 29.8 Å². The number of amides is 3. The van der Waals surface area contributed by atoms with Crippen molar-refractivity contribution in [1.82, 2.24) is 10.6 Å². The van der Waals surface area contributed by atoms with Gasteiger partial charge in [-0.2, -0.15) is 0 Å². The Balaban J connectivity index is 2.58. The van der Waals surface area contributed by atoms with Crippen molar-refractivity contribution in [2.24, 2.45) is 5.92 Å². The minimum absolute atomic E-state index is 0.0978. The van der Waals surface area contributed by atoms with Gasteiger partial charge in [-0.05, 0) is 50.5 Å². The van der Waals surface area contributed by atoms with Gasteiger partial charge < -0.3 is 16.0 Å². The van der Waals surface area contributed by atoms with Gasteiger partial charge in [-0.15, -0.1) is 0 Å². The predicted octanol–water partition coefficient (Wildman–Crippen LogP) is 3.38. The molecule has 5 heteroatoms. The molecular formula is C17H27N3O2. The minimum Gasteiger partial charge on any atom is -0.350 e. The summed E-state index contributed by atoms with van der Waals surface area (Å²) in [5.41, 5.74) is 1.25. The van der Waals surface area contributed by atoms with Crippen molar-refractivity contribution in [3.63, 3.8) is 0 Å². The number of hydrogen-bond acceptors (Lipinski definition) is 2. The molecule has 22 heavy (non-hydrogen) atoms. The highest BCUT2D eigenvalue weighted by Crippen LogP contribution is 2.10. The number of nitrogens with one attached hydrogen (secondary N) is 3. The monoisotopic (exact) mass is 305 g/mol. The van der Waals surface area contributed by atoms with E-state index >= 15 is 0 Å². The third-order valence-electron chi connectivity index (χ3n) is 3.75. The number of carbonyl (C=O) groups excluding carboxylic acids is 2. The lowest BCUT2D eigenvalue weighted by molar-refractivity contribution is 0.0939. The molecule has 3 amide bonds. The molecule has 1 rings (SSSR count). The van der Waals surface area contributed by atoms with Crippen LogP contribution in [0.1, 0.15) is 51.4 Å². The summed E-state index contributed by atoms with van der Waals surface area (Å²) in [6.07, 6.45) is 0.888. The summed E-state index contributed by atoms with van der Waals surface area (Å²) in [4.78, 5) is 23.8. The van der Waals surface area contributed by atoms with Gasteiger partial charge in [0.2, 0.25) is 0 Å². The minimum atomic E-state index is -0.238. The van der Waals surface area contributed by atoms with Crippen molar-refractivity contribution < 1.29 is 9.59 Å². The Bertz CT molecular complexity index is 497. The van der Waals surface area contributed by atoms with Crippen LogP contribution < -0.4 is 16.0 Å². The van der Waals surface area contributed by atoms with Gasteiger partial charge in [-0.3, -0.25) is 4.79 Å². The van der Waals surface area contributed by atoms with Gasteiger partial charge in [0.25, 0.3) is 5.91 Å². The van der Waals surface area contributed by atoms with Gasteiger partial charge in [0.1, 0.15) is 0 Å². The van der Waals surface area contributed by atoms with Crippen LogP contribution in [0.25, 0.3) is 0 Å². The number of benzene rings is 1. The van der Waals surface area contributed by atoms with Crippen LogP contribution >= 0.6 is 0 Å². The first kappa shape index (κ1) is 18.0. The average molecular weight is 305 g/mol. The van der Waals surface area contributed by atoms with E-state index in [-0.39, 0.29) is 24.0 Å². The second-order valence-corrected chi connectivity index (χ2v) is 5.99. The SMILES string of the molecule is CCC(C)NC(=O)c1ccc(NC(=O)NC(C)C(C)C)cc1. The lowest BCUT2D eigenvalue weighted by atomic mass is 10.1. The van der Waals surface area contributed by atoms with Crippen LogP contribution in [0.3, 0.4) is 0 Å². The topological polar surface area (TPSA) is 70.2 Å².